The maximum Gasteiger partial charge on any atom is 0.339 e. The minimum atomic E-state index is -0.458. The van der Waals surface area contributed by atoms with Gasteiger partial charge in [0, 0.05) is 11.1 Å². The highest BCUT2D eigenvalue weighted by Crippen LogP contribution is 2.36. The van der Waals surface area contributed by atoms with E-state index in [0.29, 0.717) is 28.2 Å². The quantitative estimate of drug-likeness (QED) is 0.363. The Morgan fingerprint density at radius 2 is 1.81 bits per heavy atom. The Bertz CT molecular complexity index is 963. The van der Waals surface area contributed by atoms with E-state index in [9.17, 15) is 9.59 Å². The zero-order valence-electron chi connectivity index (χ0n) is 14.7. The molecule has 0 spiro atoms. The summed E-state index contributed by atoms with van der Waals surface area (Å²) >= 11 is 1.49. The lowest BCUT2D eigenvalue weighted by Crippen LogP contribution is -2.07. The molecule has 2 heterocycles. The van der Waals surface area contributed by atoms with E-state index in [1.54, 1.807) is 13.0 Å². The van der Waals surface area contributed by atoms with E-state index < -0.39 is 5.97 Å². The van der Waals surface area contributed by atoms with Crippen molar-refractivity contribution in [2.75, 3.05) is 7.11 Å². The van der Waals surface area contributed by atoms with Crippen LogP contribution in [0.25, 0.3) is 11.1 Å². The molecule has 0 N–H and O–H groups in total. The molecule has 0 amide bonds. The fourth-order valence-corrected chi connectivity index (χ4v) is 3.49. The van der Waals surface area contributed by atoms with Crippen molar-refractivity contribution < 1.29 is 18.7 Å². The molecule has 2 aromatic heterocycles. The number of rotatable bonds is 5. The van der Waals surface area contributed by atoms with Crippen LogP contribution in [-0.4, -0.2) is 18.9 Å². The molecule has 0 bridgehead atoms. The van der Waals surface area contributed by atoms with Gasteiger partial charge in [0.15, 0.2) is 5.78 Å². The van der Waals surface area contributed by atoms with Crippen LogP contribution in [0, 0.1) is 6.92 Å². The van der Waals surface area contributed by atoms with Gasteiger partial charge >= 0.3 is 5.97 Å². The molecule has 3 rings (SSSR count). The summed E-state index contributed by atoms with van der Waals surface area (Å²) in [5.41, 5.74) is 3.07. The van der Waals surface area contributed by atoms with Crippen molar-refractivity contribution in [2.24, 2.45) is 0 Å². The molecule has 5 heteroatoms. The molecule has 0 aliphatic heterocycles. The van der Waals surface area contributed by atoms with E-state index >= 15 is 0 Å². The van der Waals surface area contributed by atoms with Gasteiger partial charge in [0.1, 0.15) is 11.5 Å². The van der Waals surface area contributed by atoms with Crippen LogP contribution in [0.5, 0.6) is 0 Å². The summed E-state index contributed by atoms with van der Waals surface area (Å²) in [7, 11) is 1.35. The molecule has 0 radical (unpaired) electrons. The highest BCUT2D eigenvalue weighted by atomic mass is 32.1. The average molecular weight is 366 g/mol. The maximum absolute atomic E-state index is 12.6. The van der Waals surface area contributed by atoms with Crippen LogP contribution < -0.4 is 0 Å². The largest absolute Gasteiger partial charge is 0.465 e. The molecular weight excluding hydrogens is 348 g/mol. The zero-order chi connectivity index (χ0) is 18.7. The van der Waals surface area contributed by atoms with Gasteiger partial charge in [-0.3, -0.25) is 4.79 Å². The van der Waals surface area contributed by atoms with Crippen LogP contribution in [-0.2, 0) is 9.53 Å². The first-order valence-electron chi connectivity index (χ1n) is 8.05. The number of hydrogen-bond donors (Lipinski definition) is 0. The van der Waals surface area contributed by atoms with E-state index in [2.05, 4.69) is 0 Å². The zero-order valence-corrected chi connectivity index (χ0v) is 15.6. The SMILES string of the molecule is COC(=O)/C(=C(\c1ccccc1)c1cc(C(C)=O)c(C)o1)c1ccsc1. The van der Waals surface area contributed by atoms with Gasteiger partial charge in [-0.05, 0) is 42.3 Å². The summed E-state index contributed by atoms with van der Waals surface area (Å²) in [6, 6.07) is 13.0. The Kier molecular flexibility index (Phi) is 5.19. The third-order valence-electron chi connectivity index (χ3n) is 4.06. The second kappa shape index (κ2) is 7.54. The standard InChI is InChI=1S/C21H18O4S/c1-13(22)17-11-18(25-14(17)2)19(15-7-5-4-6-8-15)20(21(23)24-3)16-9-10-26-12-16/h4-12H,1-3H3/b20-19+. The van der Waals surface area contributed by atoms with Crippen LogP contribution >= 0.6 is 11.3 Å². The molecule has 26 heavy (non-hydrogen) atoms. The summed E-state index contributed by atoms with van der Waals surface area (Å²) in [5.74, 6) is 0.446. The number of Topliss-reactive ketones (excluding diaryl/α,β-unsaturated/α-hetero) is 1. The van der Waals surface area contributed by atoms with Crippen molar-refractivity contribution in [3.63, 3.8) is 0 Å². The Hall–Kier alpha value is -2.92. The second-order valence-electron chi connectivity index (χ2n) is 5.76. The Labute approximate surface area is 155 Å². The number of esters is 1. The molecular formula is C21H18O4S. The van der Waals surface area contributed by atoms with Crippen LogP contribution in [0.15, 0.2) is 57.6 Å². The van der Waals surface area contributed by atoms with Crippen LogP contribution in [0.1, 0.15) is 39.9 Å². The molecule has 1 aromatic carbocycles. The van der Waals surface area contributed by atoms with Crippen LogP contribution in [0.4, 0.5) is 0 Å². The minimum absolute atomic E-state index is 0.0833. The Balaban J connectivity index is 2.35. The summed E-state index contributed by atoms with van der Waals surface area (Å²) in [6.07, 6.45) is 0. The number of ketones is 1. The summed E-state index contributed by atoms with van der Waals surface area (Å²) in [6.45, 7) is 3.24. The van der Waals surface area contributed by atoms with Crippen LogP contribution in [0.3, 0.4) is 0 Å². The molecule has 4 nitrogen and oxygen atoms in total. The van der Waals surface area contributed by atoms with Gasteiger partial charge in [0.25, 0.3) is 0 Å². The van der Waals surface area contributed by atoms with Gasteiger partial charge in [0.05, 0.1) is 18.2 Å². The van der Waals surface area contributed by atoms with E-state index in [1.165, 1.54) is 25.4 Å². The molecule has 0 aliphatic carbocycles. The van der Waals surface area contributed by atoms with E-state index in [0.717, 1.165) is 11.1 Å². The summed E-state index contributed by atoms with van der Waals surface area (Å²) < 4.78 is 10.9. The first-order valence-corrected chi connectivity index (χ1v) is 8.99. The fraction of sp³-hybridized carbons (Fsp3) is 0.143. The Morgan fingerprint density at radius 3 is 2.35 bits per heavy atom. The lowest BCUT2D eigenvalue weighted by molar-refractivity contribution is -0.133. The van der Waals surface area contributed by atoms with Gasteiger partial charge in [-0.1, -0.05) is 30.3 Å². The molecule has 0 aliphatic rings. The number of hydrogen-bond acceptors (Lipinski definition) is 5. The third-order valence-corrected chi connectivity index (χ3v) is 4.74. The molecule has 0 atom stereocenters. The number of ether oxygens (including phenoxy) is 1. The van der Waals surface area contributed by atoms with E-state index in [1.807, 2.05) is 47.2 Å². The molecule has 3 aromatic rings. The summed E-state index contributed by atoms with van der Waals surface area (Å²) in [5, 5.41) is 3.78. The van der Waals surface area contributed by atoms with Crippen LogP contribution in [0.2, 0.25) is 0 Å². The number of benzene rings is 1. The summed E-state index contributed by atoms with van der Waals surface area (Å²) in [4.78, 5) is 24.5. The normalized spacial score (nSPS) is 11.8. The number of carbonyl (C=O) groups excluding carboxylic acids is 2. The van der Waals surface area contributed by atoms with E-state index in [4.69, 9.17) is 9.15 Å². The number of furan rings is 1. The lowest BCUT2D eigenvalue weighted by Gasteiger charge is -2.12. The van der Waals surface area contributed by atoms with Gasteiger partial charge in [-0.15, -0.1) is 0 Å². The third kappa shape index (κ3) is 3.39. The van der Waals surface area contributed by atoms with Crippen molar-refractivity contribution >= 4 is 34.2 Å². The number of carbonyl (C=O) groups is 2. The van der Waals surface area contributed by atoms with Crippen molar-refractivity contribution in [1.82, 2.24) is 0 Å². The number of aryl methyl sites for hydroxylation is 1. The predicted molar refractivity (Wildman–Crippen MR) is 102 cm³/mol. The number of thiophene rings is 1. The van der Waals surface area contributed by atoms with Crippen molar-refractivity contribution in [2.45, 2.75) is 13.8 Å². The van der Waals surface area contributed by atoms with Gasteiger partial charge in [-0.2, -0.15) is 11.3 Å². The topological polar surface area (TPSA) is 56.5 Å². The van der Waals surface area contributed by atoms with Gasteiger partial charge < -0.3 is 9.15 Å². The van der Waals surface area contributed by atoms with Crippen molar-refractivity contribution in [1.29, 1.82) is 0 Å². The maximum atomic E-state index is 12.6. The number of methoxy groups -OCH3 is 1. The molecule has 0 fully saturated rings. The smallest absolute Gasteiger partial charge is 0.339 e. The van der Waals surface area contributed by atoms with Crippen molar-refractivity contribution in [3.8, 4) is 0 Å². The van der Waals surface area contributed by atoms with Crippen molar-refractivity contribution in [3.05, 3.63) is 81.4 Å². The minimum Gasteiger partial charge on any atom is -0.465 e. The van der Waals surface area contributed by atoms with Gasteiger partial charge in [-0.25, -0.2) is 4.79 Å². The average Bonchev–Trinajstić information content (AvgIpc) is 3.29. The first kappa shape index (κ1) is 17.9. The molecule has 0 saturated heterocycles. The molecule has 0 unspecified atom stereocenters. The lowest BCUT2D eigenvalue weighted by atomic mass is 9.94. The predicted octanol–water partition coefficient (Wildman–Crippen LogP) is 4.98. The first-order chi connectivity index (χ1) is 12.5. The highest BCUT2D eigenvalue weighted by molar-refractivity contribution is 7.08. The van der Waals surface area contributed by atoms with E-state index in [-0.39, 0.29) is 5.78 Å². The Morgan fingerprint density at radius 1 is 1.08 bits per heavy atom. The molecule has 0 saturated carbocycles. The van der Waals surface area contributed by atoms with Gasteiger partial charge in [0.2, 0.25) is 0 Å². The fourth-order valence-electron chi connectivity index (χ4n) is 2.84. The monoisotopic (exact) mass is 366 g/mol. The highest BCUT2D eigenvalue weighted by Gasteiger charge is 2.25. The second-order valence-corrected chi connectivity index (χ2v) is 6.54. The molecule has 132 valence electrons.